The van der Waals surface area contributed by atoms with Crippen molar-refractivity contribution < 1.29 is 13.2 Å². The zero-order valence-corrected chi connectivity index (χ0v) is 24.7. The third-order valence-corrected chi connectivity index (χ3v) is 8.79. The quantitative estimate of drug-likeness (QED) is 0.293. The van der Waals surface area contributed by atoms with Gasteiger partial charge in [-0.05, 0) is 35.1 Å². The van der Waals surface area contributed by atoms with Crippen LogP contribution in [0.5, 0.6) is 0 Å². The van der Waals surface area contributed by atoms with E-state index in [-0.39, 0.29) is 6.04 Å². The summed E-state index contributed by atoms with van der Waals surface area (Å²) in [7, 11) is 0.0400. The van der Waals surface area contributed by atoms with E-state index in [1.165, 1.54) is 16.1 Å². The highest BCUT2D eigenvalue weighted by Gasteiger charge is 2.35. The summed E-state index contributed by atoms with van der Waals surface area (Å²) < 4.78 is 32.2. The highest BCUT2D eigenvalue weighted by atomic mass is 35.5. The van der Waals surface area contributed by atoms with Crippen LogP contribution >= 0.6 is 11.6 Å². The van der Waals surface area contributed by atoms with Crippen molar-refractivity contribution in [2.75, 3.05) is 50.3 Å². The Morgan fingerprint density at radius 3 is 2.65 bits per heavy atom. The highest BCUT2D eigenvalue weighted by Crippen LogP contribution is 2.36. The number of nitrogens with zero attached hydrogens (tertiary/aromatic N) is 7. The van der Waals surface area contributed by atoms with Crippen LogP contribution < -0.4 is 10.2 Å². The van der Waals surface area contributed by atoms with E-state index in [1.807, 2.05) is 12.3 Å². The maximum atomic E-state index is 12.0. The van der Waals surface area contributed by atoms with E-state index in [2.05, 4.69) is 51.3 Å². The van der Waals surface area contributed by atoms with E-state index >= 15 is 0 Å². The van der Waals surface area contributed by atoms with Crippen molar-refractivity contribution in [2.24, 2.45) is 0 Å². The fraction of sp³-hybridized carbons (Fsp3) is 0.407. The number of anilines is 3. The summed E-state index contributed by atoms with van der Waals surface area (Å²) in [4.78, 5) is 15.9. The van der Waals surface area contributed by atoms with Gasteiger partial charge < -0.3 is 15.0 Å². The first kappa shape index (κ1) is 28.2. The molecule has 0 saturated carbocycles. The maximum Gasteiger partial charge on any atom is 0.211 e. The van der Waals surface area contributed by atoms with Crippen LogP contribution in [0.4, 0.5) is 17.3 Å². The zero-order chi connectivity index (χ0) is 28.6. The van der Waals surface area contributed by atoms with Gasteiger partial charge in [0.1, 0.15) is 11.6 Å². The number of methoxy groups -OCH3 is 1. The van der Waals surface area contributed by atoms with E-state index < -0.39 is 10.0 Å². The predicted molar refractivity (Wildman–Crippen MR) is 158 cm³/mol. The smallest absolute Gasteiger partial charge is 0.211 e. The normalized spacial score (nSPS) is 14.3. The first-order chi connectivity index (χ1) is 19.0. The summed E-state index contributed by atoms with van der Waals surface area (Å²) in [5, 5.41) is 10.1. The van der Waals surface area contributed by atoms with Crippen LogP contribution in [0.3, 0.4) is 0 Å². The summed E-state index contributed by atoms with van der Waals surface area (Å²) in [5.41, 5.74) is 2.88. The third kappa shape index (κ3) is 5.75. The second kappa shape index (κ2) is 11.3. The average Bonchev–Trinajstić information content (AvgIpc) is 3.26. The van der Waals surface area contributed by atoms with E-state index in [9.17, 15) is 8.42 Å². The molecule has 11 nitrogen and oxygen atoms in total. The molecule has 1 aliphatic rings. The largest absolute Gasteiger partial charge is 0.383 e. The number of nitrogens with one attached hydrogen (secondary N) is 1. The van der Waals surface area contributed by atoms with Crippen LogP contribution in [-0.4, -0.2) is 83.6 Å². The number of sulfonamides is 1. The molecule has 212 valence electrons. The lowest BCUT2D eigenvalue weighted by Gasteiger charge is -2.44. The van der Waals surface area contributed by atoms with E-state index in [0.717, 1.165) is 16.5 Å². The highest BCUT2D eigenvalue weighted by molar-refractivity contribution is 7.88. The van der Waals surface area contributed by atoms with Gasteiger partial charge in [-0.25, -0.2) is 23.4 Å². The molecule has 5 rings (SSSR count). The zero-order valence-electron chi connectivity index (χ0n) is 23.2. The number of pyridine rings is 1. The van der Waals surface area contributed by atoms with Crippen LogP contribution in [0.15, 0.2) is 42.9 Å². The molecule has 1 fully saturated rings. The molecule has 3 aromatic heterocycles. The first-order valence-electron chi connectivity index (χ1n) is 13.0. The molecule has 0 unspecified atom stereocenters. The van der Waals surface area contributed by atoms with Gasteiger partial charge in [0.2, 0.25) is 10.0 Å². The summed E-state index contributed by atoms with van der Waals surface area (Å²) in [6, 6.07) is 8.01. The van der Waals surface area contributed by atoms with Gasteiger partial charge in [-0.2, -0.15) is 9.40 Å². The molecule has 1 N–H and O–H groups in total. The van der Waals surface area contributed by atoms with Crippen LogP contribution in [0, 0.1) is 0 Å². The number of benzene rings is 1. The molecule has 0 bridgehead atoms. The van der Waals surface area contributed by atoms with Crippen LogP contribution in [0.25, 0.3) is 22.2 Å². The van der Waals surface area contributed by atoms with Crippen molar-refractivity contribution in [3.05, 3.63) is 53.6 Å². The molecule has 1 aromatic carbocycles. The van der Waals surface area contributed by atoms with Crippen LogP contribution in [0.2, 0.25) is 5.15 Å². The second-order valence-corrected chi connectivity index (χ2v) is 12.7. The van der Waals surface area contributed by atoms with Gasteiger partial charge >= 0.3 is 0 Å². The Hall–Kier alpha value is -3.32. The monoisotopic (exact) mass is 584 g/mol. The molecular weight excluding hydrogens is 552 g/mol. The lowest BCUT2D eigenvalue weighted by Crippen LogP contribution is -2.59. The van der Waals surface area contributed by atoms with Crippen molar-refractivity contribution in [3.63, 3.8) is 0 Å². The van der Waals surface area contributed by atoms with Gasteiger partial charge in [0.15, 0.2) is 11.0 Å². The van der Waals surface area contributed by atoms with Crippen molar-refractivity contribution in [3.8, 4) is 11.4 Å². The minimum Gasteiger partial charge on any atom is -0.383 e. The number of aromatic nitrogens is 5. The Bertz CT molecular complexity index is 1640. The number of ether oxygens (including phenoxy) is 1. The van der Waals surface area contributed by atoms with Crippen molar-refractivity contribution in [2.45, 2.75) is 32.4 Å². The Labute approximate surface area is 239 Å². The Morgan fingerprint density at radius 2 is 1.95 bits per heavy atom. The van der Waals surface area contributed by atoms with Crippen molar-refractivity contribution in [1.82, 2.24) is 29.0 Å². The molecular formula is C27H33ClN8O3S. The van der Waals surface area contributed by atoms with Crippen LogP contribution in [0.1, 0.15) is 25.3 Å². The number of hydrogen-bond donors (Lipinski definition) is 1. The minimum absolute atomic E-state index is 0.0451. The summed E-state index contributed by atoms with van der Waals surface area (Å²) >= 11 is 6.37. The SMILES string of the molecule is COCCn1cc(-c2nccc(Nc3cc4c(C(C)C)ccc(N5CC(N(C)S(C)(=O)=O)C5)c4cn3)n2)c(Cl)n1. The standard InChI is InChI=1S/C27H33ClN8O3S/c1-17(2)19-6-7-23(35-14-18(15-35)34(3)40(5,37)38)21-13-30-25(12-20(19)21)31-24-8-9-29-27(32-24)22-16-36(10-11-39-4)33-26(22)28/h6-9,12-13,16-18H,10-11,14-15H2,1-5H3,(H,29,30,31,32). The molecule has 0 amide bonds. The molecule has 0 spiro atoms. The van der Waals surface area contributed by atoms with Crippen molar-refractivity contribution in [1.29, 1.82) is 0 Å². The predicted octanol–water partition coefficient (Wildman–Crippen LogP) is 4.14. The number of rotatable bonds is 10. The van der Waals surface area contributed by atoms with Gasteiger partial charge in [0.05, 0.1) is 31.0 Å². The third-order valence-electron chi connectivity index (χ3n) is 7.17. The molecule has 0 atom stereocenters. The average molecular weight is 585 g/mol. The first-order valence-corrected chi connectivity index (χ1v) is 15.2. The topological polar surface area (TPSA) is 118 Å². The fourth-order valence-corrected chi connectivity index (χ4v) is 5.69. The minimum atomic E-state index is -3.23. The van der Waals surface area contributed by atoms with Gasteiger partial charge in [0, 0.05) is 56.9 Å². The molecule has 1 saturated heterocycles. The van der Waals surface area contributed by atoms with Crippen molar-refractivity contribution >= 4 is 49.7 Å². The molecule has 4 heterocycles. The molecule has 13 heteroatoms. The van der Waals surface area contributed by atoms with Gasteiger partial charge in [-0.1, -0.05) is 31.5 Å². The number of hydrogen-bond acceptors (Lipinski definition) is 9. The lowest BCUT2D eigenvalue weighted by molar-refractivity contribution is 0.183. The number of fused-ring (bicyclic) bond motifs is 1. The fourth-order valence-electron chi connectivity index (χ4n) is 4.78. The molecule has 4 aromatic rings. The molecule has 0 radical (unpaired) electrons. The summed E-state index contributed by atoms with van der Waals surface area (Å²) in [6.45, 7) is 6.68. The van der Waals surface area contributed by atoms with E-state index in [4.69, 9.17) is 21.3 Å². The number of halogens is 1. The molecule has 40 heavy (non-hydrogen) atoms. The maximum absolute atomic E-state index is 12.0. The van der Waals surface area contributed by atoms with Gasteiger partial charge in [-0.3, -0.25) is 4.68 Å². The second-order valence-electron chi connectivity index (χ2n) is 10.3. The number of likely N-dealkylation sites (N-methyl/N-ethyl adjacent to an activating group) is 1. The Morgan fingerprint density at radius 1 is 1.18 bits per heavy atom. The van der Waals surface area contributed by atoms with E-state index in [1.54, 1.807) is 37.3 Å². The van der Waals surface area contributed by atoms with Crippen LogP contribution in [-0.2, 0) is 21.3 Å². The summed E-state index contributed by atoms with van der Waals surface area (Å²) in [6.07, 6.45) is 6.58. The van der Waals surface area contributed by atoms with Gasteiger partial charge in [0.25, 0.3) is 0 Å². The molecule has 1 aliphatic heterocycles. The lowest BCUT2D eigenvalue weighted by atomic mass is 9.94. The van der Waals surface area contributed by atoms with Gasteiger partial charge in [-0.15, -0.1) is 0 Å². The molecule has 0 aliphatic carbocycles. The summed E-state index contributed by atoms with van der Waals surface area (Å²) in [5.74, 6) is 1.98. The Kier molecular flexibility index (Phi) is 7.96. The van der Waals surface area contributed by atoms with E-state index in [0.29, 0.717) is 60.3 Å². The Balaban J connectivity index is 1.41.